The van der Waals surface area contributed by atoms with Crippen LogP contribution in [0.4, 0.5) is 4.79 Å². The highest BCUT2D eigenvalue weighted by Gasteiger charge is 2.43. The van der Waals surface area contributed by atoms with E-state index in [0.717, 1.165) is 24.2 Å². The fourth-order valence-electron chi connectivity index (χ4n) is 4.09. The van der Waals surface area contributed by atoms with Crippen LogP contribution in [0.3, 0.4) is 0 Å². The number of benzene rings is 1. The summed E-state index contributed by atoms with van der Waals surface area (Å²) in [5, 5.41) is 0. The summed E-state index contributed by atoms with van der Waals surface area (Å²) in [5.74, 6) is 1.14. The number of hydrogen-bond donors (Lipinski definition) is 0. The standard InChI is InChI=1S/C24H34N2O4/c1-17(2)13-20-21(30-24(3,4)5)14-22(27)26(20)19-11-12-25(15-19)23(28)29-16-18-9-7-6-8-10-18/h6-10,14,17,19-20H,11-13,15-16H2,1-5H3/t19-,20-/m0/s1. The molecule has 2 aliphatic heterocycles. The number of carbonyl (C=O) groups is 2. The fourth-order valence-corrected chi connectivity index (χ4v) is 4.09. The highest BCUT2D eigenvalue weighted by molar-refractivity contribution is 5.92. The Bertz CT molecular complexity index is 782. The molecule has 0 unspecified atom stereocenters. The van der Waals surface area contributed by atoms with Crippen LogP contribution in [0.2, 0.25) is 0 Å². The number of ether oxygens (including phenoxy) is 2. The van der Waals surface area contributed by atoms with Gasteiger partial charge >= 0.3 is 6.09 Å². The average Bonchev–Trinajstić information content (AvgIpc) is 3.24. The minimum absolute atomic E-state index is 0.0237. The predicted octanol–water partition coefficient (Wildman–Crippen LogP) is 4.35. The van der Waals surface area contributed by atoms with Crippen molar-refractivity contribution in [3.05, 3.63) is 47.7 Å². The number of hydrogen-bond acceptors (Lipinski definition) is 4. The monoisotopic (exact) mass is 414 g/mol. The van der Waals surface area contributed by atoms with Crippen LogP contribution in [-0.4, -0.2) is 52.6 Å². The molecule has 1 aromatic carbocycles. The lowest BCUT2D eigenvalue weighted by atomic mass is 10.0. The maximum atomic E-state index is 12.9. The van der Waals surface area contributed by atoms with Crippen molar-refractivity contribution in [3.8, 4) is 0 Å². The fraction of sp³-hybridized carbons (Fsp3) is 0.583. The third-order valence-corrected chi connectivity index (χ3v) is 5.32. The molecule has 164 valence electrons. The Balaban J connectivity index is 1.63. The lowest BCUT2D eigenvalue weighted by Crippen LogP contribution is -2.46. The molecule has 30 heavy (non-hydrogen) atoms. The number of rotatable bonds is 6. The normalized spacial score (nSPS) is 21.9. The van der Waals surface area contributed by atoms with Crippen molar-refractivity contribution < 1.29 is 19.1 Å². The first-order valence-corrected chi connectivity index (χ1v) is 10.8. The summed E-state index contributed by atoms with van der Waals surface area (Å²) in [5.41, 5.74) is 0.599. The molecule has 6 nitrogen and oxygen atoms in total. The van der Waals surface area contributed by atoms with Gasteiger partial charge in [0.15, 0.2) is 0 Å². The van der Waals surface area contributed by atoms with E-state index >= 15 is 0 Å². The molecule has 3 rings (SSSR count). The molecule has 2 heterocycles. The molecule has 2 atom stereocenters. The van der Waals surface area contributed by atoms with Crippen molar-refractivity contribution in [3.63, 3.8) is 0 Å². The molecule has 2 aliphatic rings. The molecule has 0 aromatic heterocycles. The average molecular weight is 415 g/mol. The molecule has 0 N–H and O–H groups in total. The van der Waals surface area contributed by atoms with Gasteiger partial charge in [-0.25, -0.2) is 4.79 Å². The van der Waals surface area contributed by atoms with Crippen LogP contribution in [0.15, 0.2) is 42.2 Å². The van der Waals surface area contributed by atoms with Gasteiger partial charge in [0, 0.05) is 19.2 Å². The first-order valence-electron chi connectivity index (χ1n) is 10.8. The molecule has 0 saturated carbocycles. The summed E-state index contributed by atoms with van der Waals surface area (Å²) in [4.78, 5) is 29.0. The Kier molecular flexibility index (Phi) is 6.74. The molecule has 0 spiro atoms. The van der Waals surface area contributed by atoms with E-state index in [9.17, 15) is 9.59 Å². The van der Waals surface area contributed by atoms with Gasteiger partial charge in [0.2, 0.25) is 0 Å². The molecule has 0 bridgehead atoms. The molecule has 1 fully saturated rings. The Labute approximate surface area is 179 Å². The van der Waals surface area contributed by atoms with E-state index in [-0.39, 0.29) is 36.3 Å². The summed E-state index contributed by atoms with van der Waals surface area (Å²) < 4.78 is 11.6. The van der Waals surface area contributed by atoms with Crippen LogP contribution in [0.25, 0.3) is 0 Å². The van der Waals surface area contributed by atoms with Crippen molar-refractivity contribution in [1.82, 2.24) is 9.80 Å². The van der Waals surface area contributed by atoms with Gasteiger partial charge in [0.1, 0.15) is 18.0 Å². The van der Waals surface area contributed by atoms with Gasteiger partial charge in [-0.1, -0.05) is 44.2 Å². The predicted molar refractivity (Wildman–Crippen MR) is 116 cm³/mol. The largest absolute Gasteiger partial charge is 0.490 e. The topological polar surface area (TPSA) is 59.1 Å². The van der Waals surface area contributed by atoms with Gasteiger partial charge in [-0.05, 0) is 45.1 Å². The minimum Gasteiger partial charge on any atom is -0.490 e. The first-order chi connectivity index (χ1) is 14.1. The van der Waals surface area contributed by atoms with Crippen LogP contribution in [0.1, 0.15) is 53.0 Å². The summed E-state index contributed by atoms with van der Waals surface area (Å²) >= 11 is 0. The van der Waals surface area contributed by atoms with E-state index in [1.54, 1.807) is 11.0 Å². The molecule has 1 aromatic rings. The van der Waals surface area contributed by atoms with Crippen molar-refractivity contribution >= 4 is 12.0 Å². The second kappa shape index (κ2) is 9.11. The molecule has 2 amide bonds. The van der Waals surface area contributed by atoms with Gasteiger partial charge in [-0.2, -0.15) is 0 Å². The first kappa shape index (κ1) is 22.2. The van der Waals surface area contributed by atoms with Crippen LogP contribution in [0, 0.1) is 5.92 Å². The zero-order chi connectivity index (χ0) is 21.9. The highest BCUT2D eigenvalue weighted by atomic mass is 16.6. The SMILES string of the molecule is CC(C)C[C@H]1C(OC(C)(C)C)=CC(=O)N1[C@H]1CCN(C(=O)OCc2ccccc2)C1. The van der Waals surface area contributed by atoms with Crippen molar-refractivity contribution in [2.24, 2.45) is 5.92 Å². The van der Waals surface area contributed by atoms with Crippen LogP contribution < -0.4 is 0 Å². The molecule has 0 aliphatic carbocycles. The van der Waals surface area contributed by atoms with E-state index in [1.165, 1.54) is 0 Å². The van der Waals surface area contributed by atoms with Crippen molar-refractivity contribution in [2.75, 3.05) is 13.1 Å². The summed E-state index contributed by atoms with van der Waals surface area (Å²) in [6, 6.07) is 9.54. The van der Waals surface area contributed by atoms with E-state index in [2.05, 4.69) is 13.8 Å². The van der Waals surface area contributed by atoms with Crippen molar-refractivity contribution in [2.45, 2.75) is 71.8 Å². The summed E-state index contributed by atoms with van der Waals surface area (Å²) in [6.45, 7) is 11.6. The van der Waals surface area contributed by atoms with Gasteiger partial charge in [0.25, 0.3) is 5.91 Å². The third kappa shape index (κ3) is 5.55. The Morgan fingerprint density at radius 1 is 1.20 bits per heavy atom. The quantitative estimate of drug-likeness (QED) is 0.694. The minimum atomic E-state index is -0.361. The van der Waals surface area contributed by atoms with E-state index < -0.39 is 0 Å². The van der Waals surface area contributed by atoms with Crippen LogP contribution >= 0.6 is 0 Å². The van der Waals surface area contributed by atoms with Gasteiger partial charge in [0.05, 0.1) is 12.1 Å². The van der Waals surface area contributed by atoms with Gasteiger partial charge < -0.3 is 19.3 Å². The van der Waals surface area contributed by atoms with Gasteiger partial charge in [-0.15, -0.1) is 0 Å². The van der Waals surface area contributed by atoms with E-state index in [1.807, 2.05) is 56.0 Å². The number of carbonyl (C=O) groups excluding carboxylic acids is 2. The second-order valence-corrected chi connectivity index (χ2v) is 9.58. The zero-order valence-electron chi connectivity index (χ0n) is 18.8. The molecular formula is C24H34N2O4. The lowest BCUT2D eigenvalue weighted by molar-refractivity contribution is -0.129. The van der Waals surface area contributed by atoms with Crippen LogP contribution in [-0.2, 0) is 20.9 Å². The second-order valence-electron chi connectivity index (χ2n) is 9.58. The Morgan fingerprint density at radius 2 is 1.90 bits per heavy atom. The molecular weight excluding hydrogens is 380 g/mol. The molecule has 0 radical (unpaired) electrons. The zero-order valence-corrected chi connectivity index (χ0v) is 18.8. The third-order valence-electron chi connectivity index (χ3n) is 5.32. The number of amides is 2. The van der Waals surface area contributed by atoms with Gasteiger partial charge in [-0.3, -0.25) is 4.79 Å². The highest BCUT2D eigenvalue weighted by Crippen LogP contribution is 2.33. The number of nitrogens with zero attached hydrogens (tertiary/aromatic N) is 2. The number of likely N-dealkylation sites (tertiary alicyclic amines) is 1. The maximum absolute atomic E-state index is 12.9. The molecule has 6 heteroatoms. The maximum Gasteiger partial charge on any atom is 0.410 e. The Morgan fingerprint density at radius 3 is 2.53 bits per heavy atom. The smallest absolute Gasteiger partial charge is 0.410 e. The van der Waals surface area contributed by atoms with Crippen molar-refractivity contribution in [1.29, 1.82) is 0 Å². The summed E-state index contributed by atoms with van der Waals surface area (Å²) in [6.07, 6.45) is 2.89. The van der Waals surface area contributed by atoms with E-state index in [0.29, 0.717) is 19.0 Å². The molecule has 1 saturated heterocycles. The van der Waals surface area contributed by atoms with Crippen LogP contribution in [0.5, 0.6) is 0 Å². The summed E-state index contributed by atoms with van der Waals surface area (Å²) in [7, 11) is 0. The lowest BCUT2D eigenvalue weighted by Gasteiger charge is -2.35. The van der Waals surface area contributed by atoms with E-state index in [4.69, 9.17) is 9.47 Å². The Hall–Kier alpha value is -2.50.